The molecule has 4 nitrogen and oxygen atoms in total. The van der Waals surface area contributed by atoms with Crippen molar-refractivity contribution in [3.63, 3.8) is 0 Å². The van der Waals surface area contributed by atoms with Crippen LogP contribution in [0, 0.1) is 5.82 Å². The average Bonchev–Trinajstić information content (AvgIpc) is 2.53. The fraction of sp³-hybridized carbons (Fsp3) is 0.235. The van der Waals surface area contributed by atoms with Gasteiger partial charge in [0.15, 0.2) is 0 Å². The second-order valence-corrected chi connectivity index (χ2v) is 4.74. The summed E-state index contributed by atoms with van der Waals surface area (Å²) in [4.78, 5) is 11.9. The first-order valence-electron chi connectivity index (χ1n) is 7.06. The number of hydrogen-bond acceptors (Lipinski definition) is 3. The molecule has 0 aliphatic heterocycles. The summed E-state index contributed by atoms with van der Waals surface area (Å²) in [5.41, 5.74) is 1.18. The Bertz CT molecular complexity index is 614. The van der Waals surface area contributed by atoms with Crippen molar-refractivity contribution in [2.75, 3.05) is 18.5 Å². The van der Waals surface area contributed by atoms with E-state index in [-0.39, 0.29) is 31.4 Å². The normalized spacial score (nSPS) is 10.3. The third kappa shape index (κ3) is 4.86. The van der Waals surface area contributed by atoms with Crippen molar-refractivity contribution in [3.8, 4) is 5.75 Å². The standard InChI is InChI=1S/C17H18FNO3/c18-16-4-2-1-3-13(16)5-10-17(21)19-14-6-8-15(9-7-14)22-12-11-20/h1-4,6-9,20H,5,10-12H2,(H,19,21). The molecule has 0 saturated carbocycles. The Balaban J connectivity index is 1.83. The van der Waals surface area contributed by atoms with E-state index in [4.69, 9.17) is 9.84 Å². The Labute approximate surface area is 128 Å². The highest BCUT2D eigenvalue weighted by Gasteiger charge is 2.06. The van der Waals surface area contributed by atoms with E-state index in [0.717, 1.165) is 0 Å². The van der Waals surface area contributed by atoms with Gasteiger partial charge in [0, 0.05) is 12.1 Å². The quantitative estimate of drug-likeness (QED) is 0.827. The van der Waals surface area contributed by atoms with Crippen LogP contribution in [0.5, 0.6) is 5.75 Å². The Hall–Kier alpha value is -2.40. The fourth-order valence-electron chi connectivity index (χ4n) is 1.97. The third-order valence-electron chi connectivity index (χ3n) is 3.08. The number of aryl methyl sites for hydroxylation is 1. The average molecular weight is 303 g/mol. The number of nitrogens with one attached hydrogen (secondary N) is 1. The Kier molecular flexibility index (Phi) is 5.91. The van der Waals surface area contributed by atoms with E-state index in [1.807, 2.05) is 0 Å². The van der Waals surface area contributed by atoms with Crippen molar-refractivity contribution in [2.24, 2.45) is 0 Å². The molecule has 1 amide bonds. The van der Waals surface area contributed by atoms with Crippen LogP contribution in [0.15, 0.2) is 48.5 Å². The molecule has 2 N–H and O–H groups in total. The van der Waals surface area contributed by atoms with Gasteiger partial charge in [0.25, 0.3) is 0 Å². The summed E-state index contributed by atoms with van der Waals surface area (Å²) in [6, 6.07) is 13.3. The van der Waals surface area contributed by atoms with Crippen molar-refractivity contribution in [1.82, 2.24) is 0 Å². The molecule has 2 aromatic rings. The van der Waals surface area contributed by atoms with Crippen molar-refractivity contribution in [3.05, 3.63) is 59.9 Å². The highest BCUT2D eigenvalue weighted by Crippen LogP contribution is 2.16. The Morgan fingerprint density at radius 1 is 1.14 bits per heavy atom. The van der Waals surface area contributed by atoms with Crippen LogP contribution in [0.3, 0.4) is 0 Å². The molecule has 0 aliphatic carbocycles. The summed E-state index contributed by atoms with van der Waals surface area (Å²) in [6.07, 6.45) is 0.569. The molecule has 0 radical (unpaired) electrons. The molecule has 0 atom stereocenters. The van der Waals surface area contributed by atoms with Gasteiger partial charge in [-0.25, -0.2) is 4.39 Å². The van der Waals surface area contributed by atoms with E-state index >= 15 is 0 Å². The van der Waals surface area contributed by atoms with Gasteiger partial charge in [-0.1, -0.05) is 18.2 Å². The molecule has 2 rings (SSSR count). The first-order chi connectivity index (χ1) is 10.7. The van der Waals surface area contributed by atoms with Gasteiger partial charge >= 0.3 is 0 Å². The minimum atomic E-state index is -0.291. The van der Waals surface area contributed by atoms with E-state index in [1.54, 1.807) is 42.5 Å². The SMILES string of the molecule is O=C(CCc1ccccc1F)Nc1ccc(OCCO)cc1. The number of anilines is 1. The molecule has 0 bridgehead atoms. The molecule has 0 aliphatic rings. The predicted molar refractivity (Wildman–Crippen MR) is 82.4 cm³/mol. The van der Waals surface area contributed by atoms with E-state index < -0.39 is 0 Å². The van der Waals surface area contributed by atoms with E-state index in [2.05, 4.69) is 5.32 Å². The van der Waals surface area contributed by atoms with Gasteiger partial charge in [-0.05, 0) is 42.3 Å². The zero-order chi connectivity index (χ0) is 15.8. The van der Waals surface area contributed by atoms with E-state index in [0.29, 0.717) is 23.4 Å². The first kappa shape index (κ1) is 16.0. The van der Waals surface area contributed by atoms with Crippen molar-refractivity contribution in [1.29, 1.82) is 0 Å². The summed E-state index contributed by atoms with van der Waals surface area (Å²) in [5.74, 6) is 0.159. The smallest absolute Gasteiger partial charge is 0.224 e. The first-order valence-corrected chi connectivity index (χ1v) is 7.06. The molecular formula is C17H18FNO3. The second kappa shape index (κ2) is 8.14. The minimum absolute atomic E-state index is 0.0471. The van der Waals surface area contributed by atoms with Crippen LogP contribution < -0.4 is 10.1 Å². The summed E-state index contributed by atoms with van der Waals surface area (Å²) < 4.78 is 18.7. The molecule has 2 aromatic carbocycles. The predicted octanol–water partition coefficient (Wildman–Crippen LogP) is 2.77. The zero-order valence-electron chi connectivity index (χ0n) is 12.1. The molecule has 22 heavy (non-hydrogen) atoms. The van der Waals surface area contributed by atoms with Crippen LogP contribution in [-0.4, -0.2) is 24.2 Å². The maximum Gasteiger partial charge on any atom is 0.224 e. The van der Waals surface area contributed by atoms with Crippen LogP contribution >= 0.6 is 0 Å². The number of halogens is 1. The molecule has 5 heteroatoms. The largest absolute Gasteiger partial charge is 0.491 e. The monoisotopic (exact) mass is 303 g/mol. The third-order valence-corrected chi connectivity index (χ3v) is 3.08. The number of hydrogen-bond donors (Lipinski definition) is 2. The summed E-state index contributed by atoms with van der Waals surface area (Å²) in [6.45, 7) is 0.183. The molecule has 0 heterocycles. The zero-order valence-corrected chi connectivity index (χ0v) is 12.1. The van der Waals surface area contributed by atoms with Crippen molar-refractivity contribution < 1.29 is 19.0 Å². The number of ether oxygens (including phenoxy) is 1. The summed E-state index contributed by atoms with van der Waals surface area (Å²) in [7, 11) is 0. The van der Waals surface area contributed by atoms with E-state index in [1.165, 1.54) is 6.07 Å². The number of aliphatic hydroxyl groups excluding tert-OH is 1. The number of carbonyl (C=O) groups is 1. The number of carbonyl (C=O) groups excluding carboxylic acids is 1. The molecule has 0 spiro atoms. The fourth-order valence-corrected chi connectivity index (χ4v) is 1.97. The Morgan fingerprint density at radius 2 is 1.86 bits per heavy atom. The number of aliphatic hydroxyl groups is 1. The summed E-state index contributed by atoms with van der Waals surface area (Å²) >= 11 is 0. The van der Waals surface area contributed by atoms with Gasteiger partial charge in [0.1, 0.15) is 18.2 Å². The lowest BCUT2D eigenvalue weighted by Crippen LogP contribution is -2.12. The van der Waals surface area contributed by atoms with Crippen LogP contribution in [0.2, 0.25) is 0 Å². The lowest BCUT2D eigenvalue weighted by Gasteiger charge is -2.08. The van der Waals surface area contributed by atoms with Crippen molar-refractivity contribution >= 4 is 11.6 Å². The van der Waals surface area contributed by atoms with Crippen LogP contribution in [0.25, 0.3) is 0 Å². The lowest BCUT2D eigenvalue weighted by atomic mass is 10.1. The van der Waals surface area contributed by atoms with Gasteiger partial charge in [-0.2, -0.15) is 0 Å². The molecule has 0 saturated heterocycles. The Morgan fingerprint density at radius 3 is 2.55 bits per heavy atom. The van der Waals surface area contributed by atoms with Crippen LogP contribution in [-0.2, 0) is 11.2 Å². The summed E-state index contributed by atoms with van der Waals surface area (Å²) in [5, 5.41) is 11.4. The molecule has 0 aromatic heterocycles. The van der Waals surface area contributed by atoms with Gasteiger partial charge in [0.05, 0.1) is 6.61 Å². The number of benzene rings is 2. The topological polar surface area (TPSA) is 58.6 Å². The molecule has 0 unspecified atom stereocenters. The second-order valence-electron chi connectivity index (χ2n) is 4.74. The van der Waals surface area contributed by atoms with Gasteiger partial charge in [0.2, 0.25) is 5.91 Å². The molecule has 116 valence electrons. The molecule has 0 fully saturated rings. The maximum absolute atomic E-state index is 13.4. The minimum Gasteiger partial charge on any atom is -0.491 e. The maximum atomic E-state index is 13.4. The van der Waals surface area contributed by atoms with Crippen LogP contribution in [0.4, 0.5) is 10.1 Å². The van der Waals surface area contributed by atoms with Crippen molar-refractivity contribution in [2.45, 2.75) is 12.8 Å². The van der Waals surface area contributed by atoms with E-state index in [9.17, 15) is 9.18 Å². The van der Waals surface area contributed by atoms with Gasteiger partial charge < -0.3 is 15.2 Å². The molecular weight excluding hydrogens is 285 g/mol. The lowest BCUT2D eigenvalue weighted by molar-refractivity contribution is -0.116. The van der Waals surface area contributed by atoms with Gasteiger partial charge in [-0.3, -0.25) is 4.79 Å². The van der Waals surface area contributed by atoms with Crippen LogP contribution in [0.1, 0.15) is 12.0 Å². The number of amides is 1. The highest BCUT2D eigenvalue weighted by atomic mass is 19.1. The van der Waals surface area contributed by atoms with Gasteiger partial charge in [-0.15, -0.1) is 0 Å². The highest BCUT2D eigenvalue weighted by molar-refractivity contribution is 5.90. The number of rotatable bonds is 7.